The summed E-state index contributed by atoms with van der Waals surface area (Å²) < 4.78 is 14.7. The number of fused-ring (bicyclic) bond motifs is 1. The zero-order valence-electron chi connectivity index (χ0n) is 10.3. The molecule has 0 saturated heterocycles. The maximum Gasteiger partial charge on any atom is 0.152 e. The summed E-state index contributed by atoms with van der Waals surface area (Å²) >= 11 is 0. The third kappa shape index (κ3) is 1.85. The normalized spacial score (nSPS) is 10.6. The lowest BCUT2D eigenvalue weighted by molar-refractivity contribution is 0.628. The Bertz CT molecular complexity index is 795. The van der Waals surface area contributed by atoms with Crippen LogP contribution < -0.4 is 0 Å². The van der Waals surface area contributed by atoms with Crippen molar-refractivity contribution < 1.29 is 4.39 Å². The number of aromatic nitrogens is 2. The van der Waals surface area contributed by atoms with Crippen molar-refractivity contribution in [1.29, 1.82) is 5.26 Å². The van der Waals surface area contributed by atoms with Crippen molar-refractivity contribution in [2.24, 2.45) is 0 Å². The summed E-state index contributed by atoms with van der Waals surface area (Å²) in [6, 6.07) is 12.0. The third-order valence-corrected chi connectivity index (χ3v) is 3.01. The molecule has 3 rings (SSSR count). The molecule has 0 fully saturated rings. The fraction of sp³-hybridized carbons (Fsp3) is 0.0667. The third-order valence-electron chi connectivity index (χ3n) is 3.01. The highest BCUT2D eigenvalue weighted by atomic mass is 19.1. The number of halogens is 1. The molecule has 0 aliphatic rings. The van der Waals surface area contributed by atoms with Crippen molar-refractivity contribution in [2.75, 3.05) is 0 Å². The first-order chi connectivity index (χ1) is 9.19. The van der Waals surface area contributed by atoms with E-state index in [1.807, 2.05) is 25.3 Å². The Labute approximate surface area is 109 Å². The maximum atomic E-state index is 13.0. The largest absolute Gasteiger partial charge is 0.291 e. The van der Waals surface area contributed by atoms with Crippen molar-refractivity contribution in [1.82, 2.24) is 9.38 Å². The van der Waals surface area contributed by atoms with Crippen LogP contribution in [0.3, 0.4) is 0 Å². The number of nitrogens with zero attached hydrogens (tertiary/aromatic N) is 3. The van der Waals surface area contributed by atoms with Crippen LogP contribution >= 0.6 is 0 Å². The summed E-state index contributed by atoms with van der Waals surface area (Å²) in [6.07, 6.45) is 1.82. The first-order valence-electron chi connectivity index (χ1n) is 5.84. The van der Waals surface area contributed by atoms with Gasteiger partial charge in [0.1, 0.15) is 23.2 Å². The highest BCUT2D eigenvalue weighted by Gasteiger charge is 2.13. The molecular formula is C15H10FN3. The van der Waals surface area contributed by atoms with Crippen LogP contribution in [0.25, 0.3) is 16.9 Å². The van der Waals surface area contributed by atoms with Crippen molar-refractivity contribution in [3.05, 3.63) is 59.7 Å². The molecule has 0 unspecified atom stereocenters. The number of hydrogen-bond donors (Lipinski definition) is 0. The first-order valence-corrected chi connectivity index (χ1v) is 5.84. The first kappa shape index (κ1) is 11.4. The molecule has 0 aliphatic carbocycles. The van der Waals surface area contributed by atoms with Crippen LogP contribution in [0, 0.1) is 24.1 Å². The number of rotatable bonds is 1. The molecule has 1 aromatic carbocycles. The minimum absolute atomic E-state index is 0.304. The number of nitriles is 1. The zero-order valence-corrected chi connectivity index (χ0v) is 10.3. The van der Waals surface area contributed by atoms with Crippen LogP contribution in [0.4, 0.5) is 4.39 Å². The van der Waals surface area contributed by atoms with Crippen LogP contribution in [0.2, 0.25) is 0 Å². The molecule has 0 N–H and O–H groups in total. The molecule has 2 heterocycles. The standard InChI is InChI=1S/C15H10FN3/c1-10-6-7-19-13(9-17)15(18-14(19)8-10)11-2-4-12(16)5-3-11/h2-8H,1H3. The quantitative estimate of drug-likeness (QED) is 0.665. The molecule has 3 aromatic rings. The van der Waals surface area contributed by atoms with E-state index in [1.54, 1.807) is 16.5 Å². The highest BCUT2D eigenvalue weighted by molar-refractivity contribution is 5.69. The minimum atomic E-state index is -0.304. The van der Waals surface area contributed by atoms with Crippen molar-refractivity contribution in [3.8, 4) is 17.3 Å². The van der Waals surface area contributed by atoms with Gasteiger partial charge in [0.2, 0.25) is 0 Å². The van der Waals surface area contributed by atoms with Gasteiger partial charge in [0, 0.05) is 11.8 Å². The molecule has 0 atom stereocenters. The van der Waals surface area contributed by atoms with E-state index in [0.717, 1.165) is 16.8 Å². The van der Waals surface area contributed by atoms with Crippen LogP contribution in [-0.2, 0) is 0 Å². The van der Waals surface area contributed by atoms with Gasteiger partial charge in [-0.15, -0.1) is 0 Å². The van der Waals surface area contributed by atoms with Gasteiger partial charge in [-0.2, -0.15) is 5.26 Å². The minimum Gasteiger partial charge on any atom is -0.291 e. The monoisotopic (exact) mass is 251 g/mol. The summed E-state index contributed by atoms with van der Waals surface area (Å²) in [5.74, 6) is -0.304. The average molecular weight is 251 g/mol. The Morgan fingerprint density at radius 2 is 1.95 bits per heavy atom. The Morgan fingerprint density at radius 1 is 1.21 bits per heavy atom. The summed E-state index contributed by atoms with van der Waals surface area (Å²) in [6.45, 7) is 1.97. The van der Waals surface area contributed by atoms with E-state index in [-0.39, 0.29) is 5.82 Å². The predicted octanol–water partition coefficient (Wildman–Crippen LogP) is 3.32. The Balaban J connectivity index is 2.29. The summed E-state index contributed by atoms with van der Waals surface area (Å²) in [7, 11) is 0. The van der Waals surface area contributed by atoms with E-state index in [1.165, 1.54) is 12.1 Å². The van der Waals surface area contributed by atoms with E-state index in [4.69, 9.17) is 0 Å². The van der Waals surface area contributed by atoms with Crippen LogP contribution in [0.15, 0.2) is 42.6 Å². The zero-order chi connectivity index (χ0) is 13.4. The van der Waals surface area contributed by atoms with Crippen LogP contribution in [0.1, 0.15) is 11.3 Å². The van der Waals surface area contributed by atoms with Crippen LogP contribution in [0.5, 0.6) is 0 Å². The van der Waals surface area contributed by atoms with Gasteiger partial charge >= 0.3 is 0 Å². The second-order valence-electron chi connectivity index (χ2n) is 4.36. The van der Waals surface area contributed by atoms with Gasteiger partial charge in [0.05, 0.1) is 0 Å². The Hall–Kier alpha value is -2.67. The molecule has 92 valence electrons. The van der Waals surface area contributed by atoms with Gasteiger partial charge < -0.3 is 0 Å². The highest BCUT2D eigenvalue weighted by Crippen LogP contribution is 2.24. The fourth-order valence-corrected chi connectivity index (χ4v) is 2.06. The van der Waals surface area contributed by atoms with Crippen molar-refractivity contribution >= 4 is 5.65 Å². The van der Waals surface area contributed by atoms with E-state index >= 15 is 0 Å². The van der Waals surface area contributed by atoms with Crippen molar-refractivity contribution in [3.63, 3.8) is 0 Å². The molecule has 19 heavy (non-hydrogen) atoms. The second-order valence-corrected chi connectivity index (χ2v) is 4.36. The van der Waals surface area contributed by atoms with Gasteiger partial charge in [0.25, 0.3) is 0 Å². The van der Waals surface area contributed by atoms with Gasteiger partial charge in [-0.3, -0.25) is 4.40 Å². The number of hydrogen-bond acceptors (Lipinski definition) is 2. The molecule has 2 aromatic heterocycles. The van der Waals surface area contributed by atoms with Gasteiger partial charge in [-0.05, 0) is 48.9 Å². The summed E-state index contributed by atoms with van der Waals surface area (Å²) in [5, 5.41) is 9.31. The number of imidazole rings is 1. The molecular weight excluding hydrogens is 241 g/mol. The smallest absolute Gasteiger partial charge is 0.152 e. The summed E-state index contributed by atoms with van der Waals surface area (Å²) in [4.78, 5) is 4.46. The van der Waals surface area contributed by atoms with E-state index in [0.29, 0.717) is 11.4 Å². The topological polar surface area (TPSA) is 41.1 Å². The lowest BCUT2D eigenvalue weighted by atomic mass is 10.1. The molecule has 0 radical (unpaired) electrons. The maximum absolute atomic E-state index is 13.0. The van der Waals surface area contributed by atoms with E-state index in [9.17, 15) is 9.65 Å². The molecule has 0 aliphatic heterocycles. The van der Waals surface area contributed by atoms with E-state index < -0.39 is 0 Å². The van der Waals surface area contributed by atoms with Crippen molar-refractivity contribution in [2.45, 2.75) is 6.92 Å². The lowest BCUT2D eigenvalue weighted by Crippen LogP contribution is -1.89. The van der Waals surface area contributed by atoms with E-state index in [2.05, 4.69) is 11.1 Å². The summed E-state index contributed by atoms with van der Waals surface area (Å²) in [5.41, 5.74) is 3.57. The van der Waals surface area contributed by atoms with Gasteiger partial charge in [-0.25, -0.2) is 9.37 Å². The Kier molecular flexibility index (Phi) is 2.53. The fourth-order valence-electron chi connectivity index (χ4n) is 2.06. The van der Waals surface area contributed by atoms with Gasteiger partial charge in [-0.1, -0.05) is 0 Å². The molecule has 0 bridgehead atoms. The van der Waals surface area contributed by atoms with Crippen LogP contribution in [-0.4, -0.2) is 9.38 Å². The predicted molar refractivity (Wildman–Crippen MR) is 70.0 cm³/mol. The number of benzene rings is 1. The number of aryl methyl sites for hydroxylation is 1. The lowest BCUT2D eigenvalue weighted by Gasteiger charge is -1.97. The van der Waals surface area contributed by atoms with Gasteiger partial charge in [0.15, 0.2) is 5.69 Å². The number of pyridine rings is 1. The Morgan fingerprint density at radius 3 is 2.63 bits per heavy atom. The average Bonchev–Trinajstić information content (AvgIpc) is 2.77. The second kappa shape index (κ2) is 4.21. The molecule has 0 amide bonds. The molecule has 4 heteroatoms. The molecule has 0 spiro atoms. The molecule has 0 saturated carbocycles. The SMILES string of the molecule is Cc1ccn2c(C#N)c(-c3ccc(F)cc3)nc2c1. The molecule has 3 nitrogen and oxygen atoms in total.